The summed E-state index contributed by atoms with van der Waals surface area (Å²) in [4.78, 5) is 30.3. The van der Waals surface area contributed by atoms with Crippen LogP contribution >= 0.6 is 0 Å². The number of hydrogen-bond donors (Lipinski definition) is 0. The summed E-state index contributed by atoms with van der Waals surface area (Å²) >= 11 is 0. The Labute approximate surface area is 153 Å². The van der Waals surface area contributed by atoms with Crippen molar-refractivity contribution in [3.05, 3.63) is 65.2 Å². The number of amides is 2. The molecule has 3 aliphatic rings. The topological polar surface area (TPSA) is 40.6 Å². The second-order valence-electron chi connectivity index (χ2n) is 7.66. The molecule has 1 fully saturated rings. The first-order chi connectivity index (χ1) is 12.7. The predicted molar refractivity (Wildman–Crippen MR) is 99.7 cm³/mol. The number of nitrogens with zero attached hydrogens (tertiary/aromatic N) is 2. The fourth-order valence-electron chi connectivity index (χ4n) is 4.42. The van der Waals surface area contributed by atoms with Gasteiger partial charge in [-0.05, 0) is 48.4 Å². The normalized spacial score (nSPS) is 19.7. The van der Waals surface area contributed by atoms with Gasteiger partial charge < -0.3 is 9.80 Å². The third kappa shape index (κ3) is 2.28. The first kappa shape index (κ1) is 15.6. The first-order valence-corrected chi connectivity index (χ1v) is 9.45. The molecule has 2 aromatic rings. The number of benzene rings is 2. The van der Waals surface area contributed by atoms with Crippen LogP contribution in [0.4, 0.5) is 5.69 Å². The van der Waals surface area contributed by atoms with E-state index in [1.54, 1.807) is 0 Å². The molecule has 2 amide bonds. The van der Waals surface area contributed by atoms with Gasteiger partial charge in [0.15, 0.2) is 0 Å². The van der Waals surface area contributed by atoms with Crippen LogP contribution in [0, 0.1) is 5.41 Å². The molecule has 5 rings (SSSR count). The van der Waals surface area contributed by atoms with Gasteiger partial charge in [-0.3, -0.25) is 9.59 Å². The van der Waals surface area contributed by atoms with Gasteiger partial charge in [0.05, 0.1) is 0 Å². The average Bonchev–Trinajstić information content (AvgIpc) is 3.39. The Bertz CT molecular complexity index is 901. The van der Waals surface area contributed by atoms with Crippen LogP contribution in [-0.4, -0.2) is 29.8 Å². The Morgan fingerprint density at radius 3 is 2.19 bits per heavy atom. The summed E-state index contributed by atoms with van der Waals surface area (Å²) < 4.78 is 0. The summed E-state index contributed by atoms with van der Waals surface area (Å²) in [5.41, 5.74) is 3.91. The maximum atomic E-state index is 13.3. The van der Waals surface area contributed by atoms with Crippen LogP contribution in [0.2, 0.25) is 0 Å². The monoisotopic (exact) mass is 346 g/mol. The molecule has 0 saturated heterocycles. The lowest BCUT2D eigenvalue weighted by Crippen LogP contribution is -2.48. The number of para-hydroxylation sites is 1. The summed E-state index contributed by atoms with van der Waals surface area (Å²) in [6, 6.07) is 16.3. The van der Waals surface area contributed by atoms with E-state index in [2.05, 4.69) is 18.2 Å². The molecule has 0 bridgehead atoms. The highest BCUT2D eigenvalue weighted by atomic mass is 16.2. The molecule has 2 aliphatic heterocycles. The largest absolute Gasteiger partial charge is 0.337 e. The van der Waals surface area contributed by atoms with E-state index in [0.29, 0.717) is 32.5 Å². The molecule has 0 spiro atoms. The number of hydrogen-bond acceptors (Lipinski definition) is 2. The van der Waals surface area contributed by atoms with Crippen LogP contribution in [0.1, 0.15) is 29.5 Å². The van der Waals surface area contributed by atoms with Gasteiger partial charge in [0.1, 0.15) is 5.41 Å². The van der Waals surface area contributed by atoms with E-state index in [9.17, 15) is 9.59 Å². The van der Waals surface area contributed by atoms with Gasteiger partial charge in [-0.15, -0.1) is 0 Å². The zero-order chi connectivity index (χ0) is 17.7. The van der Waals surface area contributed by atoms with E-state index in [-0.39, 0.29) is 11.8 Å². The van der Waals surface area contributed by atoms with Crippen molar-refractivity contribution in [3.8, 4) is 0 Å². The van der Waals surface area contributed by atoms with Crippen molar-refractivity contribution in [2.24, 2.45) is 5.41 Å². The lowest BCUT2D eigenvalue weighted by atomic mass is 9.96. The van der Waals surface area contributed by atoms with E-state index in [4.69, 9.17) is 0 Å². The maximum absolute atomic E-state index is 13.3. The fraction of sp³-hybridized carbons (Fsp3) is 0.364. The summed E-state index contributed by atoms with van der Waals surface area (Å²) in [6.07, 6.45) is 3.12. The van der Waals surface area contributed by atoms with E-state index in [1.165, 1.54) is 16.7 Å². The molecule has 0 atom stereocenters. The molecule has 0 aromatic heterocycles. The molecule has 0 radical (unpaired) electrons. The average molecular weight is 346 g/mol. The standard InChI is InChI=1S/C22H22N2O2/c25-20(23-13-9-16-5-1-2-7-18(16)15-23)22(11-12-22)21(26)24-14-10-17-6-3-4-8-19(17)24/h1-8H,9-15H2. The number of fused-ring (bicyclic) bond motifs is 2. The van der Waals surface area contributed by atoms with Crippen LogP contribution < -0.4 is 4.90 Å². The van der Waals surface area contributed by atoms with Crippen LogP contribution in [0.5, 0.6) is 0 Å². The molecular formula is C22H22N2O2. The van der Waals surface area contributed by atoms with E-state index >= 15 is 0 Å². The SMILES string of the molecule is O=C(N1CCc2ccccc2C1)C1(C(=O)N2CCc3ccccc32)CC1. The van der Waals surface area contributed by atoms with Crippen molar-refractivity contribution in [3.63, 3.8) is 0 Å². The Hall–Kier alpha value is -2.62. The first-order valence-electron chi connectivity index (χ1n) is 9.45. The zero-order valence-electron chi connectivity index (χ0n) is 14.8. The van der Waals surface area contributed by atoms with Crippen LogP contribution in [-0.2, 0) is 29.0 Å². The zero-order valence-corrected chi connectivity index (χ0v) is 14.8. The highest BCUT2D eigenvalue weighted by Gasteiger charge is 2.60. The third-order valence-electron chi connectivity index (χ3n) is 6.12. The molecule has 26 heavy (non-hydrogen) atoms. The minimum atomic E-state index is -0.816. The maximum Gasteiger partial charge on any atom is 0.242 e. The van der Waals surface area contributed by atoms with E-state index in [0.717, 1.165) is 18.5 Å². The Morgan fingerprint density at radius 1 is 0.769 bits per heavy atom. The van der Waals surface area contributed by atoms with Crippen LogP contribution in [0.3, 0.4) is 0 Å². The Kier molecular flexibility index (Phi) is 3.42. The second kappa shape index (κ2) is 5.70. The summed E-state index contributed by atoms with van der Waals surface area (Å²) in [6.45, 7) is 2.03. The van der Waals surface area contributed by atoms with Crippen LogP contribution in [0.15, 0.2) is 48.5 Å². The Balaban J connectivity index is 1.38. The molecule has 0 unspecified atom stereocenters. The summed E-state index contributed by atoms with van der Waals surface area (Å²) in [7, 11) is 0. The van der Waals surface area contributed by atoms with Crippen molar-refractivity contribution in [2.75, 3.05) is 18.0 Å². The van der Waals surface area contributed by atoms with Gasteiger partial charge >= 0.3 is 0 Å². The number of anilines is 1. The molecule has 132 valence electrons. The van der Waals surface area contributed by atoms with Gasteiger partial charge in [0.2, 0.25) is 11.8 Å². The van der Waals surface area contributed by atoms with Gasteiger partial charge in [-0.2, -0.15) is 0 Å². The van der Waals surface area contributed by atoms with Gasteiger partial charge in [0, 0.05) is 25.3 Å². The van der Waals surface area contributed by atoms with Gasteiger partial charge in [-0.1, -0.05) is 42.5 Å². The van der Waals surface area contributed by atoms with Crippen molar-refractivity contribution in [1.82, 2.24) is 4.90 Å². The quantitative estimate of drug-likeness (QED) is 0.785. The molecule has 2 heterocycles. The van der Waals surface area contributed by atoms with Crippen molar-refractivity contribution < 1.29 is 9.59 Å². The fourth-order valence-corrected chi connectivity index (χ4v) is 4.42. The molecule has 1 saturated carbocycles. The predicted octanol–water partition coefficient (Wildman–Crippen LogP) is 2.94. The number of carbonyl (C=O) groups excluding carboxylic acids is 2. The molecule has 1 aliphatic carbocycles. The second-order valence-corrected chi connectivity index (χ2v) is 7.66. The number of rotatable bonds is 2. The van der Waals surface area contributed by atoms with E-state index < -0.39 is 5.41 Å². The highest BCUT2D eigenvalue weighted by molar-refractivity contribution is 6.14. The molecular weight excluding hydrogens is 324 g/mol. The van der Waals surface area contributed by atoms with Crippen molar-refractivity contribution >= 4 is 17.5 Å². The summed E-state index contributed by atoms with van der Waals surface area (Å²) in [5.74, 6) is 0.0349. The van der Waals surface area contributed by atoms with E-state index in [1.807, 2.05) is 40.1 Å². The minimum absolute atomic E-state index is 0.00584. The Morgan fingerprint density at radius 2 is 1.42 bits per heavy atom. The van der Waals surface area contributed by atoms with Crippen LogP contribution in [0.25, 0.3) is 0 Å². The lowest BCUT2D eigenvalue weighted by molar-refractivity contribution is -0.143. The van der Waals surface area contributed by atoms with Gasteiger partial charge in [0.25, 0.3) is 0 Å². The lowest BCUT2D eigenvalue weighted by Gasteiger charge is -2.33. The molecule has 4 nitrogen and oxygen atoms in total. The molecule has 4 heteroatoms. The van der Waals surface area contributed by atoms with Crippen molar-refractivity contribution in [2.45, 2.75) is 32.2 Å². The van der Waals surface area contributed by atoms with Gasteiger partial charge in [-0.25, -0.2) is 0 Å². The smallest absolute Gasteiger partial charge is 0.242 e. The molecule has 0 N–H and O–H groups in total. The highest BCUT2D eigenvalue weighted by Crippen LogP contribution is 2.50. The summed E-state index contributed by atoms with van der Waals surface area (Å²) in [5, 5.41) is 0. The number of carbonyl (C=O) groups is 2. The minimum Gasteiger partial charge on any atom is -0.337 e. The van der Waals surface area contributed by atoms with Crippen molar-refractivity contribution in [1.29, 1.82) is 0 Å². The molecule has 2 aromatic carbocycles. The third-order valence-corrected chi connectivity index (χ3v) is 6.12.